The molecule has 3 aromatic rings. The number of benzene rings is 2. The van der Waals surface area contributed by atoms with E-state index in [1.54, 1.807) is 24.3 Å². The molecule has 1 aromatic heterocycles. The monoisotopic (exact) mass is 374 g/mol. The third-order valence-corrected chi connectivity index (χ3v) is 3.97. The Morgan fingerprint density at radius 1 is 1.08 bits per heavy atom. The summed E-state index contributed by atoms with van der Waals surface area (Å²) < 4.78 is 15.9. The number of ether oxygens (including phenoxy) is 2. The lowest BCUT2D eigenvalue weighted by Gasteiger charge is -2.13. The van der Waals surface area contributed by atoms with E-state index >= 15 is 0 Å². The van der Waals surface area contributed by atoms with Crippen molar-refractivity contribution >= 4 is 40.1 Å². The first-order valence-corrected chi connectivity index (χ1v) is 7.87. The molecule has 0 atom stereocenters. The SMILES string of the molecule is COc1cc(NC(=O)c2cc3cc(Cl)ccc3o2)c(C(N)=O)cc1OC. The second-order valence-corrected chi connectivity index (χ2v) is 5.80. The standard InChI is InChI=1S/C18H15ClN2O5/c1-24-14-7-11(17(20)22)12(8-15(14)25-2)21-18(23)16-6-9-5-10(19)3-4-13(9)26-16/h3-8H,1-2H3,(H2,20,22)(H,21,23). The minimum Gasteiger partial charge on any atom is -0.493 e. The number of nitrogens with one attached hydrogen (secondary N) is 1. The lowest BCUT2D eigenvalue weighted by atomic mass is 10.1. The van der Waals surface area contributed by atoms with Crippen LogP contribution >= 0.6 is 11.6 Å². The molecule has 3 rings (SSSR count). The largest absolute Gasteiger partial charge is 0.493 e. The molecule has 0 bridgehead atoms. The Labute approximate surface area is 153 Å². The van der Waals surface area contributed by atoms with Gasteiger partial charge in [0.15, 0.2) is 17.3 Å². The van der Waals surface area contributed by atoms with E-state index in [1.165, 1.54) is 26.4 Å². The summed E-state index contributed by atoms with van der Waals surface area (Å²) >= 11 is 5.94. The van der Waals surface area contributed by atoms with Crippen molar-refractivity contribution in [3.63, 3.8) is 0 Å². The van der Waals surface area contributed by atoms with Crippen molar-refractivity contribution in [3.8, 4) is 11.5 Å². The van der Waals surface area contributed by atoms with Gasteiger partial charge in [0.1, 0.15) is 5.58 Å². The first-order valence-electron chi connectivity index (χ1n) is 7.49. The molecule has 3 N–H and O–H groups in total. The molecule has 0 fully saturated rings. The van der Waals surface area contributed by atoms with Crippen LogP contribution in [0, 0.1) is 0 Å². The van der Waals surface area contributed by atoms with Gasteiger partial charge < -0.3 is 24.9 Å². The number of halogens is 1. The predicted molar refractivity (Wildman–Crippen MR) is 97.2 cm³/mol. The number of rotatable bonds is 5. The molecule has 0 unspecified atom stereocenters. The number of carbonyl (C=O) groups is 2. The van der Waals surface area contributed by atoms with Crippen molar-refractivity contribution in [2.75, 3.05) is 19.5 Å². The smallest absolute Gasteiger partial charge is 0.291 e. The summed E-state index contributed by atoms with van der Waals surface area (Å²) in [5, 5.41) is 3.82. The maximum Gasteiger partial charge on any atom is 0.291 e. The van der Waals surface area contributed by atoms with Gasteiger partial charge in [0, 0.05) is 16.5 Å². The highest BCUT2D eigenvalue weighted by atomic mass is 35.5. The Balaban J connectivity index is 1.98. The zero-order chi connectivity index (χ0) is 18.8. The Morgan fingerprint density at radius 3 is 2.42 bits per heavy atom. The van der Waals surface area contributed by atoms with Crippen LogP contribution in [-0.4, -0.2) is 26.0 Å². The number of nitrogens with two attached hydrogens (primary N) is 1. The molecule has 1 heterocycles. The molecule has 0 aliphatic rings. The quantitative estimate of drug-likeness (QED) is 0.711. The number of hydrogen-bond acceptors (Lipinski definition) is 5. The van der Waals surface area contributed by atoms with E-state index < -0.39 is 11.8 Å². The van der Waals surface area contributed by atoms with Gasteiger partial charge in [-0.2, -0.15) is 0 Å². The predicted octanol–water partition coefficient (Wildman–Crippen LogP) is 3.45. The molecule has 0 aliphatic carbocycles. The minimum atomic E-state index is -0.724. The Morgan fingerprint density at radius 2 is 1.77 bits per heavy atom. The van der Waals surface area contributed by atoms with E-state index in [9.17, 15) is 9.59 Å². The number of anilines is 1. The molecular weight excluding hydrogens is 360 g/mol. The fraction of sp³-hybridized carbons (Fsp3) is 0.111. The van der Waals surface area contributed by atoms with Crippen LogP contribution in [0.2, 0.25) is 5.02 Å². The summed E-state index contributed by atoms with van der Waals surface area (Å²) in [7, 11) is 2.87. The summed E-state index contributed by atoms with van der Waals surface area (Å²) in [4.78, 5) is 24.3. The van der Waals surface area contributed by atoms with E-state index in [0.717, 1.165) is 0 Å². The van der Waals surface area contributed by atoms with Gasteiger partial charge in [0.2, 0.25) is 0 Å². The van der Waals surface area contributed by atoms with Crippen molar-refractivity contribution < 1.29 is 23.5 Å². The van der Waals surface area contributed by atoms with E-state index in [2.05, 4.69) is 5.32 Å². The molecule has 0 radical (unpaired) electrons. The molecular formula is C18H15ClN2O5. The maximum absolute atomic E-state index is 12.5. The zero-order valence-corrected chi connectivity index (χ0v) is 14.7. The topological polar surface area (TPSA) is 104 Å². The molecule has 7 nitrogen and oxygen atoms in total. The molecule has 0 spiro atoms. The van der Waals surface area contributed by atoms with Crippen LogP contribution in [0.4, 0.5) is 5.69 Å². The van der Waals surface area contributed by atoms with Gasteiger partial charge >= 0.3 is 0 Å². The number of amides is 2. The van der Waals surface area contributed by atoms with Gasteiger partial charge in [0.05, 0.1) is 25.5 Å². The van der Waals surface area contributed by atoms with Crippen LogP contribution in [0.15, 0.2) is 40.8 Å². The van der Waals surface area contributed by atoms with Crippen molar-refractivity contribution in [2.24, 2.45) is 5.73 Å². The average molecular weight is 375 g/mol. The van der Waals surface area contributed by atoms with E-state index in [0.29, 0.717) is 27.5 Å². The van der Waals surface area contributed by atoms with Crippen molar-refractivity contribution in [3.05, 3.63) is 52.7 Å². The highest BCUT2D eigenvalue weighted by Gasteiger charge is 2.19. The fourth-order valence-electron chi connectivity index (χ4n) is 2.50. The van der Waals surface area contributed by atoms with Gasteiger partial charge in [0.25, 0.3) is 11.8 Å². The molecule has 0 aliphatic heterocycles. The van der Waals surface area contributed by atoms with Crippen molar-refractivity contribution in [2.45, 2.75) is 0 Å². The highest BCUT2D eigenvalue weighted by Crippen LogP contribution is 2.33. The molecule has 134 valence electrons. The third kappa shape index (κ3) is 3.29. The van der Waals surface area contributed by atoms with E-state index in [1.807, 2.05) is 0 Å². The second-order valence-electron chi connectivity index (χ2n) is 5.36. The first kappa shape index (κ1) is 17.6. The number of methoxy groups -OCH3 is 2. The average Bonchev–Trinajstić information content (AvgIpc) is 3.04. The van der Waals surface area contributed by atoms with E-state index in [-0.39, 0.29) is 17.0 Å². The number of primary amides is 1. The molecule has 2 aromatic carbocycles. The van der Waals surface area contributed by atoms with E-state index in [4.69, 9.17) is 31.2 Å². The zero-order valence-electron chi connectivity index (χ0n) is 14.0. The summed E-state index contributed by atoms with van der Waals surface area (Å²) in [5.41, 5.74) is 6.17. The number of carbonyl (C=O) groups excluding carboxylic acids is 2. The van der Waals surface area contributed by atoms with Crippen molar-refractivity contribution in [1.82, 2.24) is 0 Å². The van der Waals surface area contributed by atoms with Crippen LogP contribution in [-0.2, 0) is 0 Å². The number of hydrogen-bond donors (Lipinski definition) is 2. The maximum atomic E-state index is 12.5. The third-order valence-electron chi connectivity index (χ3n) is 3.74. The molecule has 0 saturated heterocycles. The summed E-state index contributed by atoms with van der Waals surface area (Å²) in [5.74, 6) is -0.556. The fourth-order valence-corrected chi connectivity index (χ4v) is 2.68. The number of furan rings is 1. The first-order chi connectivity index (χ1) is 12.4. The number of fused-ring (bicyclic) bond motifs is 1. The van der Waals surface area contributed by atoms with Crippen LogP contribution in [0.25, 0.3) is 11.0 Å². The van der Waals surface area contributed by atoms with Crippen LogP contribution in [0.1, 0.15) is 20.9 Å². The summed E-state index contributed by atoms with van der Waals surface area (Å²) in [6.45, 7) is 0. The van der Waals surface area contributed by atoms with Crippen LogP contribution in [0.5, 0.6) is 11.5 Å². The minimum absolute atomic E-state index is 0.0625. The molecule has 0 saturated carbocycles. The van der Waals surface area contributed by atoms with Crippen LogP contribution < -0.4 is 20.5 Å². The summed E-state index contributed by atoms with van der Waals surface area (Å²) in [6, 6.07) is 9.42. The van der Waals surface area contributed by atoms with Crippen LogP contribution in [0.3, 0.4) is 0 Å². The molecule has 2 amide bonds. The van der Waals surface area contributed by atoms with Gasteiger partial charge in [-0.05, 0) is 30.3 Å². The van der Waals surface area contributed by atoms with Gasteiger partial charge in [-0.1, -0.05) is 11.6 Å². The molecule has 26 heavy (non-hydrogen) atoms. The summed E-state index contributed by atoms with van der Waals surface area (Å²) in [6.07, 6.45) is 0. The van der Waals surface area contributed by atoms with Gasteiger partial charge in [-0.25, -0.2) is 0 Å². The Hall–Kier alpha value is -3.19. The lowest BCUT2D eigenvalue weighted by molar-refractivity contribution is 0.0998. The lowest BCUT2D eigenvalue weighted by Crippen LogP contribution is -2.18. The normalized spacial score (nSPS) is 10.6. The second kappa shape index (κ2) is 6.97. The Kier molecular flexibility index (Phi) is 4.73. The Bertz CT molecular complexity index is 1010. The van der Waals surface area contributed by atoms with Gasteiger partial charge in [-0.3, -0.25) is 9.59 Å². The highest BCUT2D eigenvalue weighted by molar-refractivity contribution is 6.31. The van der Waals surface area contributed by atoms with Crippen molar-refractivity contribution in [1.29, 1.82) is 0 Å². The van der Waals surface area contributed by atoms with Gasteiger partial charge in [-0.15, -0.1) is 0 Å². The molecule has 8 heteroatoms.